The number of aliphatic imine (C=N–C) groups is 1. The van der Waals surface area contributed by atoms with E-state index in [0.29, 0.717) is 22.7 Å². The fourth-order valence-electron chi connectivity index (χ4n) is 3.12. The predicted molar refractivity (Wildman–Crippen MR) is 118 cm³/mol. The molecule has 0 unspecified atom stereocenters. The van der Waals surface area contributed by atoms with E-state index in [2.05, 4.69) is 42.9 Å². The number of aromatic nitrogens is 1. The van der Waals surface area contributed by atoms with E-state index in [1.807, 2.05) is 12.1 Å². The molecule has 4 rings (SSSR count). The van der Waals surface area contributed by atoms with Gasteiger partial charge in [0.25, 0.3) is 5.69 Å². The Morgan fingerprint density at radius 3 is 2.45 bits per heavy atom. The Kier molecular flexibility index (Phi) is 5.02. The maximum absolute atomic E-state index is 11.9. The van der Waals surface area contributed by atoms with Crippen LogP contribution in [0, 0.1) is 10.1 Å². The van der Waals surface area contributed by atoms with Crippen molar-refractivity contribution in [3.63, 3.8) is 0 Å². The highest BCUT2D eigenvalue weighted by atomic mass is 16.6. The number of nitrogens with zero attached hydrogens (tertiary/aromatic N) is 3. The second kappa shape index (κ2) is 7.68. The average molecular weight is 414 g/mol. The van der Waals surface area contributed by atoms with Gasteiger partial charge in [0.1, 0.15) is 5.52 Å². The number of non-ortho nitro benzene ring substituents is 1. The van der Waals surface area contributed by atoms with Crippen molar-refractivity contribution in [2.45, 2.75) is 26.2 Å². The largest absolute Gasteiger partial charge is 0.872 e. The molecule has 0 atom stereocenters. The molecular weight excluding hydrogens is 394 g/mol. The number of fused-ring (bicyclic) bond motifs is 1. The lowest BCUT2D eigenvalue weighted by Crippen LogP contribution is -2.10. The highest BCUT2D eigenvalue weighted by Crippen LogP contribution is 2.30. The second-order valence-corrected chi connectivity index (χ2v) is 8.24. The molecular formula is C24H20N3O4-. The molecule has 0 aliphatic heterocycles. The zero-order valence-electron chi connectivity index (χ0n) is 17.3. The monoisotopic (exact) mass is 414 g/mol. The maximum atomic E-state index is 11.9. The number of nitro benzene ring substituents is 1. The summed E-state index contributed by atoms with van der Waals surface area (Å²) in [6.07, 6.45) is 1.32. The van der Waals surface area contributed by atoms with Crippen LogP contribution in [0.2, 0.25) is 0 Å². The van der Waals surface area contributed by atoms with Crippen LogP contribution in [-0.4, -0.2) is 16.1 Å². The molecule has 0 spiro atoms. The van der Waals surface area contributed by atoms with E-state index in [9.17, 15) is 15.2 Å². The van der Waals surface area contributed by atoms with Gasteiger partial charge in [0.15, 0.2) is 5.58 Å². The molecule has 156 valence electrons. The highest BCUT2D eigenvalue weighted by molar-refractivity contribution is 5.87. The molecule has 0 bridgehead atoms. The van der Waals surface area contributed by atoms with Crippen LogP contribution in [0.5, 0.6) is 5.75 Å². The van der Waals surface area contributed by atoms with E-state index in [1.165, 1.54) is 23.9 Å². The SMILES string of the molecule is CC(C)(C)c1ccc(-c2nc3ccc(N=Cc4cc([N+](=O)[O-])ccc4[O-])cc3o2)cc1. The molecule has 1 heterocycles. The van der Waals surface area contributed by atoms with Crippen LogP contribution in [0.4, 0.5) is 11.4 Å². The number of oxazole rings is 1. The first kappa shape index (κ1) is 20.3. The fourth-order valence-corrected chi connectivity index (χ4v) is 3.12. The van der Waals surface area contributed by atoms with Crippen LogP contribution in [0.25, 0.3) is 22.6 Å². The van der Waals surface area contributed by atoms with E-state index < -0.39 is 4.92 Å². The van der Waals surface area contributed by atoms with Crippen molar-refractivity contribution in [1.29, 1.82) is 0 Å². The standard InChI is InChI=1S/C24H21N3O4/c1-24(2,3)17-6-4-15(5-7-17)23-26-20-10-8-18(13-22(20)31-23)25-14-16-12-19(27(29)30)9-11-21(16)28/h4-14,28H,1-3H3/p-1. The lowest BCUT2D eigenvalue weighted by Gasteiger charge is -2.18. The van der Waals surface area contributed by atoms with Crippen LogP contribution >= 0.6 is 0 Å². The Labute approximate surface area is 178 Å². The van der Waals surface area contributed by atoms with Gasteiger partial charge in [-0.05, 0) is 40.8 Å². The summed E-state index contributed by atoms with van der Waals surface area (Å²) in [4.78, 5) is 19.2. The van der Waals surface area contributed by atoms with Gasteiger partial charge in [-0.3, -0.25) is 15.1 Å². The molecule has 0 N–H and O–H groups in total. The molecule has 0 aliphatic rings. The van der Waals surface area contributed by atoms with Crippen molar-refractivity contribution in [3.05, 3.63) is 81.9 Å². The average Bonchev–Trinajstić information content (AvgIpc) is 3.16. The Bertz CT molecular complexity index is 1300. The Morgan fingerprint density at radius 1 is 1.03 bits per heavy atom. The summed E-state index contributed by atoms with van der Waals surface area (Å²) in [5.74, 6) is 0.174. The molecule has 4 aromatic rings. The van der Waals surface area contributed by atoms with Gasteiger partial charge in [-0.15, -0.1) is 0 Å². The molecule has 0 radical (unpaired) electrons. The highest BCUT2D eigenvalue weighted by Gasteiger charge is 2.15. The minimum atomic E-state index is -0.549. The van der Waals surface area contributed by atoms with E-state index in [4.69, 9.17) is 4.42 Å². The van der Waals surface area contributed by atoms with Gasteiger partial charge >= 0.3 is 0 Å². The topological polar surface area (TPSA) is 105 Å². The second-order valence-electron chi connectivity index (χ2n) is 8.24. The first-order chi connectivity index (χ1) is 14.7. The minimum absolute atomic E-state index is 0.0654. The predicted octanol–water partition coefficient (Wildman–Crippen LogP) is 5.52. The van der Waals surface area contributed by atoms with Crippen molar-refractivity contribution < 1.29 is 14.4 Å². The van der Waals surface area contributed by atoms with Crippen molar-refractivity contribution >= 4 is 28.7 Å². The number of hydrogen-bond donors (Lipinski definition) is 0. The van der Waals surface area contributed by atoms with Gasteiger partial charge in [0.05, 0.1) is 10.6 Å². The van der Waals surface area contributed by atoms with E-state index in [-0.39, 0.29) is 22.4 Å². The third-order valence-electron chi connectivity index (χ3n) is 4.93. The van der Waals surface area contributed by atoms with E-state index in [1.54, 1.807) is 18.2 Å². The van der Waals surface area contributed by atoms with Crippen molar-refractivity contribution in [3.8, 4) is 17.2 Å². The molecule has 7 nitrogen and oxygen atoms in total. The van der Waals surface area contributed by atoms with Crippen LogP contribution < -0.4 is 5.11 Å². The minimum Gasteiger partial charge on any atom is -0.872 e. The number of hydrogen-bond acceptors (Lipinski definition) is 6. The molecule has 31 heavy (non-hydrogen) atoms. The van der Waals surface area contributed by atoms with Crippen molar-refractivity contribution in [1.82, 2.24) is 4.98 Å². The fraction of sp³-hybridized carbons (Fsp3) is 0.167. The summed E-state index contributed by atoms with van der Waals surface area (Å²) in [6, 6.07) is 16.9. The third kappa shape index (κ3) is 4.30. The summed E-state index contributed by atoms with van der Waals surface area (Å²) in [5.41, 5.74) is 3.95. The van der Waals surface area contributed by atoms with Gasteiger partial charge < -0.3 is 9.52 Å². The van der Waals surface area contributed by atoms with E-state index >= 15 is 0 Å². The molecule has 0 aliphatic carbocycles. The zero-order chi connectivity index (χ0) is 22.2. The van der Waals surface area contributed by atoms with Crippen LogP contribution in [0.1, 0.15) is 31.9 Å². The van der Waals surface area contributed by atoms with Gasteiger partial charge in [0, 0.05) is 30.0 Å². The normalized spacial score (nSPS) is 12.0. The molecule has 0 amide bonds. The number of benzene rings is 3. The first-order valence-corrected chi connectivity index (χ1v) is 9.72. The van der Waals surface area contributed by atoms with Crippen LogP contribution in [0.15, 0.2) is 70.1 Å². The molecule has 0 saturated carbocycles. The smallest absolute Gasteiger partial charge is 0.270 e. The van der Waals surface area contributed by atoms with Gasteiger partial charge in [-0.25, -0.2) is 4.98 Å². The van der Waals surface area contributed by atoms with Crippen LogP contribution in [0.3, 0.4) is 0 Å². The zero-order valence-corrected chi connectivity index (χ0v) is 17.3. The summed E-state index contributed by atoms with van der Waals surface area (Å²) in [6.45, 7) is 6.48. The third-order valence-corrected chi connectivity index (χ3v) is 4.93. The van der Waals surface area contributed by atoms with Gasteiger partial charge in [-0.1, -0.05) is 44.7 Å². The summed E-state index contributed by atoms with van der Waals surface area (Å²) < 4.78 is 5.91. The lowest BCUT2D eigenvalue weighted by molar-refractivity contribution is -0.385. The molecule has 7 heteroatoms. The first-order valence-electron chi connectivity index (χ1n) is 9.72. The Morgan fingerprint density at radius 2 is 1.77 bits per heavy atom. The molecule has 1 aromatic heterocycles. The summed E-state index contributed by atoms with van der Waals surface area (Å²) in [7, 11) is 0. The molecule has 3 aromatic carbocycles. The Balaban J connectivity index is 1.62. The Hall–Kier alpha value is -4.00. The lowest BCUT2D eigenvalue weighted by atomic mass is 9.87. The quantitative estimate of drug-likeness (QED) is 0.248. The summed E-state index contributed by atoms with van der Waals surface area (Å²) >= 11 is 0. The van der Waals surface area contributed by atoms with Crippen LogP contribution in [-0.2, 0) is 5.41 Å². The molecule has 0 fully saturated rings. The number of rotatable bonds is 4. The molecule has 0 saturated heterocycles. The van der Waals surface area contributed by atoms with Gasteiger partial charge in [-0.2, -0.15) is 0 Å². The van der Waals surface area contributed by atoms with Gasteiger partial charge in [0.2, 0.25) is 5.89 Å². The number of nitro groups is 1. The summed E-state index contributed by atoms with van der Waals surface area (Å²) in [5, 5.41) is 22.8. The van der Waals surface area contributed by atoms with Crippen molar-refractivity contribution in [2.75, 3.05) is 0 Å². The maximum Gasteiger partial charge on any atom is 0.270 e. The van der Waals surface area contributed by atoms with E-state index in [0.717, 1.165) is 11.6 Å². The van der Waals surface area contributed by atoms with Crippen molar-refractivity contribution in [2.24, 2.45) is 4.99 Å².